The van der Waals surface area contributed by atoms with Crippen molar-refractivity contribution in [2.75, 3.05) is 0 Å². The van der Waals surface area contributed by atoms with Gasteiger partial charge in [-0.2, -0.15) is 0 Å². The number of non-ortho nitro benzene ring substituents is 1. The summed E-state index contributed by atoms with van der Waals surface area (Å²) in [4.78, 5) is 34.1. The molecule has 7 nitrogen and oxygen atoms in total. The first-order chi connectivity index (χ1) is 9.69. The molecule has 0 aliphatic heterocycles. The van der Waals surface area contributed by atoms with Gasteiger partial charge in [0.25, 0.3) is 5.69 Å². The Balaban J connectivity index is 2.60. The molecule has 0 fully saturated rings. The Morgan fingerprint density at radius 1 is 1.33 bits per heavy atom. The highest BCUT2D eigenvalue weighted by atomic mass is 16.6. The molecule has 21 heavy (non-hydrogen) atoms. The van der Waals surface area contributed by atoms with Gasteiger partial charge >= 0.3 is 5.97 Å². The number of esters is 1. The van der Waals surface area contributed by atoms with E-state index in [9.17, 15) is 19.7 Å². The molecule has 0 amide bonds. The van der Waals surface area contributed by atoms with Crippen molar-refractivity contribution < 1.29 is 18.9 Å². The van der Waals surface area contributed by atoms with Crippen LogP contribution in [-0.2, 0) is 4.74 Å². The number of hydrogen-bond donors (Lipinski definition) is 0. The van der Waals surface area contributed by atoms with Crippen molar-refractivity contribution in [2.45, 2.75) is 26.4 Å². The largest absolute Gasteiger partial charge is 0.454 e. The van der Waals surface area contributed by atoms with Crippen LogP contribution in [0.25, 0.3) is 11.0 Å². The van der Waals surface area contributed by atoms with Gasteiger partial charge in [-0.15, -0.1) is 0 Å². The number of nitro groups is 1. The normalized spacial score (nSPS) is 11.4. The summed E-state index contributed by atoms with van der Waals surface area (Å²) >= 11 is 0. The first-order valence-corrected chi connectivity index (χ1v) is 6.13. The molecule has 0 unspecified atom stereocenters. The summed E-state index contributed by atoms with van der Waals surface area (Å²) in [5.74, 6) is -1.09. The van der Waals surface area contributed by atoms with E-state index < -0.39 is 21.9 Å². The molecule has 7 heteroatoms. The van der Waals surface area contributed by atoms with E-state index in [1.165, 1.54) is 18.2 Å². The van der Waals surface area contributed by atoms with Crippen LogP contribution in [0.4, 0.5) is 5.69 Å². The third-order valence-electron chi connectivity index (χ3n) is 2.53. The summed E-state index contributed by atoms with van der Waals surface area (Å²) in [6, 6.07) is 4.87. The van der Waals surface area contributed by atoms with Gasteiger partial charge in [0.15, 0.2) is 0 Å². The number of carbonyl (C=O) groups excluding carboxylic acids is 1. The lowest BCUT2D eigenvalue weighted by Gasteiger charge is -2.18. The Labute approximate surface area is 119 Å². The molecule has 1 aromatic carbocycles. The van der Waals surface area contributed by atoms with Crippen molar-refractivity contribution in [3.8, 4) is 0 Å². The van der Waals surface area contributed by atoms with Crippen LogP contribution in [0.2, 0.25) is 0 Å². The molecule has 0 N–H and O–H groups in total. The number of fused-ring (bicyclic) bond motifs is 1. The van der Waals surface area contributed by atoms with Gasteiger partial charge in [-0.1, -0.05) is 6.07 Å². The average Bonchev–Trinajstić information content (AvgIpc) is 2.35. The van der Waals surface area contributed by atoms with Crippen molar-refractivity contribution >= 4 is 22.6 Å². The van der Waals surface area contributed by atoms with Crippen LogP contribution in [0.1, 0.15) is 31.3 Å². The second-order valence-electron chi connectivity index (χ2n) is 5.38. The third-order valence-corrected chi connectivity index (χ3v) is 2.53. The molecule has 110 valence electrons. The number of carbonyl (C=O) groups is 1. The molecular formula is C14H13NO6. The first-order valence-electron chi connectivity index (χ1n) is 6.13. The van der Waals surface area contributed by atoms with E-state index in [1.54, 1.807) is 20.8 Å². The zero-order chi connectivity index (χ0) is 15.8. The first kappa shape index (κ1) is 14.7. The summed E-state index contributed by atoms with van der Waals surface area (Å²) in [5.41, 5.74) is -1.80. The van der Waals surface area contributed by atoms with Crippen molar-refractivity contribution in [3.05, 3.63) is 50.4 Å². The Morgan fingerprint density at radius 3 is 2.57 bits per heavy atom. The lowest BCUT2D eigenvalue weighted by molar-refractivity contribution is -0.383. The molecular weight excluding hydrogens is 278 g/mol. The minimum atomic E-state index is -0.798. The maximum absolute atomic E-state index is 12.0. The fourth-order valence-electron chi connectivity index (χ4n) is 1.77. The minimum absolute atomic E-state index is 0.0300. The zero-order valence-corrected chi connectivity index (χ0v) is 11.7. The number of hydrogen-bond acceptors (Lipinski definition) is 6. The molecule has 0 spiro atoms. The molecule has 0 saturated heterocycles. The summed E-state index contributed by atoms with van der Waals surface area (Å²) in [7, 11) is 0. The van der Waals surface area contributed by atoms with Gasteiger partial charge in [0.1, 0.15) is 16.6 Å². The second-order valence-corrected chi connectivity index (χ2v) is 5.38. The van der Waals surface area contributed by atoms with Crippen LogP contribution < -0.4 is 5.43 Å². The van der Waals surface area contributed by atoms with Crippen molar-refractivity contribution in [1.82, 2.24) is 0 Å². The van der Waals surface area contributed by atoms with Crippen molar-refractivity contribution in [1.29, 1.82) is 0 Å². The fraction of sp³-hybridized carbons (Fsp3) is 0.286. The van der Waals surface area contributed by atoms with Gasteiger partial charge < -0.3 is 9.15 Å². The van der Waals surface area contributed by atoms with E-state index >= 15 is 0 Å². The predicted molar refractivity (Wildman–Crippen MR) is 74.3 cm³/mol. The number of rotatable bonds is 2. The van der Waals surface area contributed by atoms with E-state index in [-0.39, 0.29) is 22.4 Å². The highest BCUT2D eigenvalue weighted by molar-refractivity contribution is 5.91. The number of ether oxygens (including phenoxy) is 1. The quantitative estimate of drug-likeness (QED) is 0.479. The molecule has 2 aromatic rings. The summed E-state index contributed by atoms with van der Waals surface area (Å²) in [6.45, 7) is 5.03. The highest BCUT2D eigenvalue weighted by Crippen LogP contribution is 2.23. The topological polar surface area (TPSA) is 99.7 Å². The predicted octanol–water partition coefficient (Wildman–Crippen LogP) is 2.66. The minimum Gasteiger partial charge on any atom is -0.454 e. The Bertz CT molecular complexity index is 784. The van der Waals surface area contributed by atoms with Crippen LogP contribution in [0.3, 0.4) is 0 Å². The molecule has 1 heterocycles. The van der Waals surface area contributed by atoms with E-state index in [1.807, 2.05) is 0 Å². The van der Waals surface area contributed by atoms with Crippen LogP contribution in [-0.4, -0.2) is 16.5 Å². The molecule has 0 bridgehead atoms. The highest BCUT2D eigenvalue weighted by Gasteiger charge is 2.23. The Hall–Kier alpha value is -2.70. The Morgan fingerprint density at radius 2 is 2.00 bits per heavy atom. The second kappa shape index (κ2) is 5.01. The molecule has 0 aliphatic carbocycles. The fourth-order valence-corrected chi connectivity index (χ4v) is 1.77. The number of benzene rings is 1. The number of nitrogens with zero attached hydrogens (tertiary/aromatic N) is 1. The third kappa shape index (κ3) is 3.07. The van der Waals surface area contributed by atoms with Gasteiger partial charge in [0, 0.05) is 12.1 Å². The van der Waals surface area contributed by atoms with Crippen LogP contribution >= 0.6 is 0 Å². The lowest BCUT2D eigenvalue weighted by Crippen LogP contribution is -2.24. The molecule has 0 saturated carbocycles. The maximum atomic E-state index is 12.0. The van der Waals surface area contributed by atoms with Gasteiger partial charge in [0.2, 0.25) is 11.2 Å². The average molecular weight is 291 g/mol. The van der Waals surface area contributed by atoms with Crippen LogP contribution in [0.5, 0.6) is 0 Å². The van der Waals surface area contributed by atoms with Gasteiger partial charge in [-0.05, 0) is 26.8 Å². The zero-order valence-electron chi connectivity index (χ0n) is 11.7. The molecule has 1 aromatic heterocycles. The van der Waals surface area contributed by atoms with Crippen LogP contribution in [0.15, 0.2) is 33.5 Å². The van der Waals surface area contributed by atoms with E-state index in [0.29, 0.717) is 0 Å². The van der Waals surface area contributed by atoms with Crippen LogP contribution in [0, 0.1) is 10.1 Å². The van der Waals surface area contributed by atoms with Gasteiger partial charge in [-0.25, -0.2) is 4.79 Å². The van der Waals surface area contributed by atoms with E-state index in [4.69, 9.17) is 9.15 Å². The Kier molecular flexibility index (Phi) is 3.51. The number of nitro benzene ring substituents is 1. The molecule has 0 atom stereocenters. The SMILES string of the molecule is CC(C)(C)OC(=O)c1cc(=O)c2c([N+](=O)[O-])cccc2o1. The summed E-state index contributed by atoms with van der Waals surface area (Å²) in [5, 5.41) is 10.7. The standard InChI is InChI=1S/C14H13NO6/c1-14(2,3)21-13(17)11-7-9(16)12-8(15(18)19)5-4-6-10(12)20-11/h4-7H,1-3H3. The van der Waals surface area contributed by atoms with Crippen molar-refractivity contribution in [3.63, 3.8) is 0 Å². The molecule has 0 radical (unpaired) electrons. The smallest absolute Gasteiger partial charge is 0.374 e. The van der Waals surface area contributed by atoms with E-state index in [2.05, 4.69) is 0 Å². The maximum Gasteiger partial charge on any atom is 0.374 e. The summed E-state index contributed by atoms with van der Waals surface area (Å²) in [6.07, 6.45) is 0. The monoisotopic (exact) mass is 291 g/mol. The van der Waals surface area contributed by atoms with Gasteiger partial charge in [-0.3, -0.25) is 14.9 Å². The van der Waals surface area contributed by atoms with Gasteiger partial charge in [0.05, 0.1) is 4.92 Å². The summed E-state index contributed by atoms with van der Waals surface area (Å²) < 4.78 is 10.4. The van der Waals surface area contributed by atoms with Crippen molar-refractivity contribution in [2.24, 2.45) is 0 Å². The van der Waals surface area contributed by atoms with E-state index in [0.717, 1.165) is 6.07 Å². The molecule has 2 rings (SSSR count). The lowest BCUT2D eigenvalue weighted by atomic mass is 10.1. The molecule has 0 aliphatic rings.